The number of amides is 1. The number of hydrogen-bond donors (Lipinski definition) is 2. The number of aromatic nitrogens is 3. The Bertz CT molecular complexity index is 783. The average Bonchev–Trinajstić information content (AvgIpc) is 3.19. The second kappa shape index (κ2) is 6.84. The third-order valence-electron chi connectivity index (χ3n) is 3.18. The fourth-order valence-electron chi connectivity index (χ4n) is 2.13. The molecule has 118 valence electrons. The number of carbonyl (C=O) groups is 1. The lowest BCUT2D eigenvalue weighted by Crippen LogP contribution is -2.27. The Morgan fingerprint density at radius 1 is 1.30 bits per heavy atom. The number of benzene rings is 1. The van der Waals surface area contributed by atoms with Gasteiger partial charge < -0.3 is 11.1 Å². The Balaban J connectivity index is 1.84. The number of nitrogens with one attached hydrogen (secondary N) is 1. The summed E-state index contributed by atoms with van der Waals surface area (Å²) in [5.74, 6) is -0.0972. The molecule has 1 amide bonds. The van der Waals surface area contributed by atoms with E-state index in [0.29, 0.717) is 12.1 Å². The molecular formula is C15H15N5OS2. The van der Waals surface area contributed by atoms with Crippen LogP contribution >= 0.6 is 22.7 Å². The lowest BCUT2D eigenvalue weighted by molar-refractivity contribution is -0.119. The first kappa shape index (κ1) is 15.6. The van der Waals surface area contributed by atoms with Gasteiger partial charge in [-0.3, -0.25) is 9.78 Å². The van der Waals surface area contributed by atoms with Crippen LogP contribution < -0.4 is 11.1 Å². The maximum Gasteiger partial charge on any atom is 0.217 e. The average molecular weight is 345 g/mol. The van der Waals surface area contributed by atoms with E-state index in [2.05, 4.69) is 20.5 Å². The topological polar surface area (TPSA) is 93.8 Å². The number of anilines is 1. The number of hydrogen-bond acceptors (Lipinski definition) is 7. The van der Waals surface area contributed by atoms with Crippen molar-refractivity contribution in [3.8, 4) is 9.88 Å². The predicted octanol–water partition coefficient (Wildman–Crippen LogP) is 2.66. The monoisotopic (exact) mass is 345 g/mol. The van der Waals surface area contributed by atoms with Crippen LogP contribution in [-0.2, 0) is 11.2 Å². The highest BCUT2D eigenvalue weighted by Gasteiger charge is 2.19. The lowest BCUT2D eigenvalue weighted by Gasteiger charge is -2.15. The Morgan fingerprint density at radius 3 is 2.74 bits per heavy atom. The molecule has 0 saturated heterocycles. The quantitative estimate of drug-likeness (QED) is 0.693. The van der Waals surface area contributed by atoms with Crippen LogP contribution in [0.15, 0.2) is 36.0 Å². The maximum absolute atomic E-state index is 11.5. The van der Waals surface area contributed by atoms with Crippen molar-refractivity contribution < 1.29 is 4.79 Å². The third-order valence-corrected chi connectivity index (χ3v) is 5.16. The Labute approximate surface area is 141 Å². The summed E-state index contributed by atoms with van der Waals surface area (Å²) in [4.78, 5) is 16.6. The fourth-order valence-corrected chi connectivity index (χ4v) is 3.70. The molecular weight excluding hydrogens is 330 g/mol. The van der Waals surface area contributed by atoms with Crippen LogP contribution in [0.25, 0.3) is 9.88 Å². The van der Waals surface area contributed by atoms with Crippen LogP contribution in [0.5, 0.6) is 0 Å². The summed E-state index contributed by atoms with van der Waals surface area (Å²) < 4.78 is 0. The van der Waals surface area contributed by atoms with Gasteiger partial charge in [0.2, 0.25) is 5.91 Å². The SMILES string of the molecule is CC(=O)NC(Cc1ccc(N)cc1)c1nnc(-c2cncs2)s1. The number of thiazole rings is 1. The van der Waals surface area contributed by atoms with Gasteiger partial charge in [0.15, 0.2) is 5.01 Å². The summed E-state index contributed by atoms with van der Waals surface area (Å²) in [6.07, 6.45) is 2.40. The molecule has 6 nitrogen and oxygen atoms in total. The molecule has 23 heavy (non-hydrogen) atoms. The first-order valence-electron chi connectivity index (χ1n) is 6.95. The summed E-state index contributed by atoms with van der Waals surface area (Å²) in [6, 6.07) is 7.40. The zero-order chi connectivity index (χ0) is 16.2. The van der Waals surface area contributed by atoms with Crippen molar-refractivity contribution in [1.29, 1.82) is 0 Å². The minimum absolute atomic E-state index is 0.0972. The first-order chi connectivity index (χ1) is 11.1. The van der Waals surface area contributed by atoms with Crippen LogP contribution in [0.4, 0.5) is 5.69 Å². The Kier molecular flexibility index (Phi) is 4.63. The molecule has 3 aromatic rings. The van der Waals surface area contributed by atoms with Crippen molar-refractivity contribution in [3.05, 3.63) is 46.5 Å². The van der Waals surface area contributed by atoms with Crippen molar-refractivity contribution in [1.82, 2.24) is 20.5 Å². The van der Waals surface area contributed by atoms with Crippen LogP contribution in [0.1, 0.15) is 23.5 Å². The first-order valence-corrected chi connectivity index (χ1v) is 8.65. The summed E-state index contributed by atoms with van der Waals surface area (Å²) in [5, 5.41) is 13.0. The van der Waals surface area contributed by atoms with Crippen molar-refractivity contribution in [2.75, 3.05) is 5.73 Å². The second-order valence-corrected chi connectivity index (χ2v) is 6.91. The molecule has 0 spiro atoms. The molecule has 0 bridgehead atoms. The summed E-state index contributed by atoms with van der Waals surface area (Å²) in [5.41, 5.74) is 9.26. The van der Waals surface area contributed by atoms with Crippen molar-refractivity contribution in [2.45, 2.75) is 19.4 Å². The van der Waals surface area contributed by atoms with Gasteiger partial charge in [-0.25, -0.2) is 0 Å². The Morgan fingerprint density at radius 2 is 2.09 bits per heavy atom. The second-order valence-electron chi connectivity index (χ2n) is 5.01. The highest BCUT2D eigenvalue weighted by molar-refractivity contribution is 7.20. The minimum atomic E-state index is -0.213. The smallest absolute Gasteiger partial charge is 0.217 e. The molecule has 1 unspecified atom stereocenters. The maximum atomic E-state index is 11.5. The zero-order valence-corrected chi connectivity index (χ0v) is 14.0. The number of nitrogen functional groups attached to an aromatic ring is 1. The minimum Gasteiger partial charge on any atom is -0.399 e. The van der Waals surface area contributed by atoms with Gasteiger partial charge in [-0.2, -0.15) is 0 Å². The van der Waals surface area contributed by atoms with Crippen molar-refractivity contribution in [2.24, 2.45) is 0 Å². The Hall–Kier alpha value is -2.32. The molecule has 3 rings (SSSR count). The molecule has 0 saturated carbocycles. The van der Waals surface area contributed by atoms with E-state index in [1.165, 1.54) is 29.6 Å². The van der Waals surface area contributed by atoms with Crippen LogP contribution in [0.2, 0.25) is 0 Å². The van der Waals surface area contributed by atoms with Crippen LogP contribution in [0, 0.1) is 0 Å². The molecule has 8 heteroatoms. The van der Waals surface area contributed by atoms with Crippen molar-refractivity contribution >= 4 is 34.3 Å². The number of nitrogens with zero attached hydrogens (tertiary/aromatic N) is 3. The van der Waals surface area contributed by atoms with E-state index in [0.717, 1.165) is 20.5 Å². The molecule has 0 fully saturated rings. The summed E-state index contributed by atoms with van der Waals surface area (Å²) in [6.45, 7) is 1.50. The molecule has 0 aliphatic rings. The standard InChI is InChI=1S/C15H15N5OS2/c1-9(21)18-12(6-10-2-4-11(16)5-3-10)14-19-20-15(23-14)13-7-17-8-22-13/h2-5,7-8,12H,6,16H2,1H3,(H,18,21). The van der Waals surface area contributed by atoms with E-state index in [1.54, 1.807) is 11.7 Å². The van der Waals surface area contributed by atoms with E-state index in [-0.39, 0.29) is 11.9 Å². The van der Waals surface area contributed by atoms with Gasteiger partial charge in [-0.15, -0.1) is 21.5 Å². The molecule has 1 aromatic carbocycles. The normalized spacial score (nSPS) is 12.0. The molecule has 0 aliphatic carbocycles. The number of carbonyl (C=O) groups excluding carboxylic acids is 1. The molecule has 3 N–H and O–H groups in total. The highest BCUT2D eigenvalue weighted by Crippen LogP contribution is 2.30. The van der Waals surface area contributed by atoms with Gasteiger partial charge in [-0.05, 0) is 24.1 Å². The van der Waals surface area contributed by atoms with Crippen LogP contribution in [-0.4, -0.2) is 21.1 Å². The zero-order valence-electron chi connectivity index (χ0n) is 12.4. The fraction of sp³-hybridized carbons (Fsp3) is 0.200. The van der Waals surface area contributed by atoms with Crippen molar-refractivity contribution in [3.63, 3.8) is 0 Å². The molecule has 1 atom stereocenters. The largest absolute Gasteiger partial charge is 0.399 e. The van der Waals surface area contributed by atoms with Crippen LogP contribution in [0.3, 0.4) is 0 Å². The summed E-state index contributed by atoms with van der Waals surface area (Å²) >= 11 is 2.99. The van der Waals surface area contributed by atoms with Gasteiger partial charge >= 0.3 is 0 Å². The van der Waals surface area contributed by atoms with Gasteiger partial charge in [0, 0.05) is 18.8 Å². The molecule has 2 heterocycles. The predicted molar refractivity (Wildman–Crippen MR) is 92.1 cm³/mol. The van der Waals surface area contributed by atoms with Gasteiger partial charge in [0.25, 0.3) is 0 Å². The highest BCUT2D eigenvalue weighted by atomic mass is 32.1. The third kappa shape index (κ3) is 3.91. The lowest BCUT2D eigenvalue weighted by atomic mass is 10.1. The molecule has 2 aromatic heterocycles. The van der Waals surface area contributed by atoms with E-state index in [1.807, 2.05) is 24.3 Å². The van der Waals surface area contributed by atoms with E-state index in [4.69, 9.17) is 5.73 Å². The molecule has 0 radical (unpaired) electrons. The number of nitrogens with two attached hydrogens (primary N) is 1. The number of rotatable bonds is 5. The molecule has 0 aliphatic heterocycles. The summed E-state index contributed by atoms with van der Waals surface area (Å²) in [7, 11) is 0. The van der Waals surface area contributed by atoms with Gasteiger partial charge in [0.1, 0.15) is 5.01 Å². The van der Waals surface area contributed by atoms with E-state index in [9.17, 15) is 4.79 Å². The van der Waals surface area contributed by atoms with Gasteiger partial charge in [0.05, 0.1) is 16.4 Å². The van der Waals surface area contributed by atoms with Gasteiger partial charge in [-0.1, -0.05) is 23.5 Å². The van der Waals surface area contributed by atoms with E-state index >= 15 is 0 Å². The van der Waals surface area contributed by atoms with E-state index < -0.39 is 0 Å².